The summed E-state index contributed by atoms with van der Waals surface area (Å²) in [5.41, 5.74) is 1.06. The molecule has 1 fully saturated rings. The Kier molecular flexibility index (Phi) is 4.85. The van der Waals surface area contributed by atoms with Crippen molar-refractivity contribution in [3.63, 3.8) is 0 Å². The van der Waals surface area contributed by atoms with E-state index in [4.69, 9.17) is 0 Å². The zero-order valence-electron chi connectivity index (χ0n) is 14.4. The van der Waals surface area contributed by atoms with E-state index in [9.17, 15) is 9.59 Å². The molecule has 0 radical (unpaired) electrons. The van der Waals surface area contributed by atoms with Crippen LogP contribution >= 0.6 is 11.3 Å². The predicted molar refractivity (Wildman–Crippen MR) is 95.6 cm³/mol. The van der Waals surface area contributed by atoms with Gasteiger partial charge in [-0.05, 0) is 31.4 Å². The van der Waals surface area contributed by atoms with Crippen LogP contribution in [-0.4, -0.2) is 33.9 Å². The van der Waals surface area contributed by atoms with E-state index in [1.54, 1.807) is 4.90 Å². The van der Waals surface area contributed by atoms with Gasteiger partial charge in [-0.2, -0.15) is 4.99 Å². The van der Waals surface area contributed by atoms with Gasteiger partial charge >= 0.3 is 0 Å². The van der Waals surface area contributed by atoms with Crippen molar-refractivity contribution in [2.75, 3.05) is 6.54 Å². The van der Waals surface area contributed by atoms with Gasteiger partial charge in [0, 0.05) is 19.5 Å². The summed E-state index contributed by atoms with van der Waals surface area (Å²) in [5.74, 6) is -0.256. The van der Waals surface area contributed by atoms with Gasteiger partial charge in [0.05, 0.1) is 10.2 Å². The second kappa shape index (κ2) is 6.89. The van der Waals surface area contributed by atoms with Crippen LogP contribution < -0.4 is 4.80 Å². The number of aromatic nitrogens is 1. The van der Waals surface area contributed by atoms with Gasteiger partial charge in [-0.15, -0.1) is 0 Å². The number of fused-ring (bicyclic) bond motifs is 1. The molecule has 2 heterocycles. The number of hydrogen-bond donors (Lipinski definition) is 0. The maximum Gasteiger partial charge on any atom is 0.271 e. The van der Waals surface area contributed by atoms with Crippen LogP contribution in [0.25, 0.3) is 10.2 Å². The monoisotopic (exact) mass is 345 g/mol. The summed E-state index contributed by atoms with van der Waals surface area (Å²) < 4.78 is 3.04. The number of aryl methyl sites for hydroxylation is 1. The maximum absolute atomic E-state index is 12.8. The Bertz CT molecular complexity index is 834. The average molecular weight is 345 g/mol. The number of hydrogen-bond acceptors (Lipinski definition) is 3. The van der Waals surface area contributed by atoms with Gasteiger partial charge in [0.25, 0.3) is 5.91 Å². The van der Waals surface area contributed by atoms with Crippen molar-refractivity contribution in [1.29, 1.82) is 0 Å². The summed E-state index contributed by atoms with van der Waals surface area (Å²) in [6.45, 7) is 4.41. The SMILES string of the molecule is CC(C)C(=O)N1CCCCC1C(=O)N=c1sc2ccccc2n1C. The molecule has 1 atom stereocenters. The summed E-state index contributed by atoms with van der Waals surface area (Å²) >= 11 is 1.50. The van der Waals surface area contributed by atoms with Gasteiger partial charge in [0.1, 0.15) is 6.04 Å². The van der Waals surface area contributed by atoms with Crippen LogP contribution in [0.4, 0.5) is 0 Å². The Morgan fingerprint density at radius 3 is 2.71 bits per heavy atom. The lowest BCUT2D eigenvalue weighted by Crippen LogP contribution is -2.49. The molecular formula is C18H23N3O2S. The van der Waals surface area contributed by atoms with Crippen LogP contribution in [0.2, 0.25) is 0 Å². The van der Waals surface area contributed by atoms with Crippen molar-refractivity contribution >= 4 is 33.4 Å². The van der Waals surface area contributed by atoms with Crippen molar-refractivity contribution in [3.8, 4) is 0 Å². The third-order valence-electron chi connectivity index (χ3n) is 4.49. The molecule has 6 heteroatoms. The lowest BCUT2D eigenvalue weighted by molar-refractivity contribution is -0.143. The molecule has 0 N–H and O–H groups in total. The first-order valence-corrected chi connectivity index (χ1v) is 9.24. The number of likely N-dealkylation sites (tertiary alicyclic amines) is 1. The highest BCUT2D eigenvalue weighted by Gasteiger charge is 2.33. The second-order valence-corrected chi connectivity index (χ2v) is 7.57. The molecule has 128 valence electrons. The van der Waals surface area contributed by atoms with Gasteiger partial charge < -0.3 is 9.47 Å². The minimum atomic E-state index is -0.418. The molecule has 0 saturated carbocycles. The predicted octanol–water partition coefficient (Wildman–Crippen LogP) is 2.70. The molecule has 3 rings (SSSR count). The fourth-order valence-corrected chi connectivity index (χ4v) is 4.16. The Hall–Kier alpha value is -1.95. The normalized spacial score (nSPS) is 19.2. The summed E-state index contributed by atoms with van der Waals surface area (Å²) in [6, 6.07) is 7.58. The van der Waals surface area contributed by atoms with Gasteiger partial charge in [0.15, 0.2) is 4.80 Å². The number of amides is 2. The molecule has 2 amide bonds. The van der Waals surface area contributed by atoms with E-state index in [1.807, 2.05) is 49.7 Å². The quantitative estimate of drug-likeness (QED) is 0.840. The molecule has 0 aliphatic carbocycles. The van der Waals surface area contributed by atoms with Gasteiger partial charge in [-0.1, -0.05) is 37.3 Å². The zero-order chi connectivity index (χ0) is 17.3. The first-order chi connectivity index (χ1) is 11.5. The lowest BCUT2D eigenvalue weighted by atomic mass is 9.99. The standard InChI is InChI=1S/C18H23N3O2S/c1-12(2)17(23)21-11-7-6-9-14(21)16(22)19-18-20(3)13-8-4-5-10-15(13)24-18/h4-5,8,10,12,14H,6-7,9,11H2,1-3H3. The van der Waals surface area contributed by atoms with E-state index in [2.05, 4.69) is 4.99 Å². The smallest absolute Gasteiger partial charge is 0.271 e. The molecule has 1 saturated heterocycles. The van der Waals surface area contributed by atoms with Crippen molar-refractivity contribution in [3.05, 3.63) is 29.1 Å². The average Bonchev–Trinajstić information content (AvgIpc) is 2.90. The fraction of sp³-hybridized carbons (Fsp3) is 0.500. The van der Waals surface area contributed by atoms with E-state index in [1.165, 1.54) is 11.3 Å². The number of nitrogens with zero attached hydrogens (tertiary/aromatic N) is 3. The van der Waals surface area contributed by atoms with Crippen LogP contribution in [0.5, 0.6) is 0 Å². The highest BCUT2D eigenvalue weighted by atomic mass is 32.1. The molecule has 1 unspecified atom stereocenters. The highest BCUT2D eigenvalue weighted by molar-refractivity contribution is 7.16. The second-order valence-electron chi connectivity index (χ2n) is 6.56. The Balaban J connectivity index is 1.94. The summed E-state index contributed by atoms with van der Waals surface area (Å²) in [7, 11) is 1.92. The number of carbonyl (C=O) groups is 2. The third-order valence-corrected chi connectivity index (χ3v) is 5.60. The number of thiazole rings is 1. The molecular weight excluding hydrogens is 322 g/mol. The summed E-state index contributed by atoms with van der Waals surface area (Å²) in [6.07, 6.45) is 2.63. The Morgan fingerprint density at radius 2 is 2.00 bits per heavy atom. The minimum Gasteiger partial charge on any atom is -0.330 e. The van der Waals surface area contributed by atoms with Gasteiger partial charge in [-0.25, -0.2) is 0 Å². The fourth-order valence-electron chi connectivity index (χ4n) is 3.14. The van der Waals surface area contributed by atoms with Crippen LogP contribution in [0.1, 0.15) is 33.1 Å². The van der Waals surface area contributed by atoms with Crippen molar-refractivity contribution in [2.45, 2.75) is 39.2 Å². The number of para-hydroxylation sites is 1. The number of benzene rings is 1. The van der Waals surface area contributed by atoms with E-state index < -0.39 is 6.04 Å². The van der Waals surface area contributed by atoms with Crippen LogP contribution in [0.15, 0.2) is 29.3 Å². The molecule has 0 spiro atoms. The van der Waals surface area contributed by atoms with E-state index in [0.717, 1.165) is 23.1 Å². The minimum absolute atomic E-state index is 0.0453. The molecule has 1 aliphatic heterocycles. The first-order valence-electron chi connectivity index (χ1n) is 8.42. The highest BCUT2D eigenvalue weighted by Crippen LogP contribution is 2.21. The van der Waals surface area contributed by atoms with E-state index in [-0.39, 0.29) is 17.7 Å². The van der Waals surface area contributed by atoms with E-state index >= 15 is 0 Å². The number of rotatable bonds is 2. The van der Waals surface area contributed by atoms with Crippen molar-refractivity contribution in [1.82, 2.24) is 9.47 Å². The van der Waals surface area contributed by atoms with Gasteiger partial charge in [0.2, 0.25) is 5.91 Å². The number of piperidine rings is 1. The molecule has 24 heavy (non-hydrogen) atoms. The van der Waals surface area contributed by atoms with E-state index in [0.29, 0.717) is 17.8 Å². The topological polar surface area (TPSA) is 54.7 Å². The van der Waals surface area contributed by atoms with Crippen molar-refractivity contribution in [2.24, 2.45) is 18.0 Å². The van der Waals surface area contributed by atoms with Crippen LogP contribution in [-0.2, 0) is 16.6 Å². The van der Waals surface area contributed by atoms with Crippen molar-refractivity contribution < 1.29 is 9.59 Å². The molecule has 1 aromatic carbocycles. The lowest BCUT2D eigenvalue weighted by Gasteiger charge is -2.34. The molecule has 2 aromatic rings. The van der Waals surface area contributed by atoms with Crippen LogP contribution in [0, 0.1) is 5.92 Å². The molecule has 0 bridgehead atoms. The first kappa shape index (κ1) is 16.9. The summed E-state index contributed by atoms with van der Waals surface area (Å²) in [4.78, 5) is 31.9. The Morgan fingerprint density at radius 1 is 1.25 bits per heavy atom. The van der Waals surface area contributed by atoms with Crippen LogP contribution in [0.3, 0.4) is 0 Å². The molecule has 1 aromatic heterocycles. The molecule has 1 aliphatic rings. The molecule has 5 nitrogen and oxygen atoms in total. The third kappa shape index (κ3) is 3.15. The Labute approximate surface area is 145 Å². The number of carbonyl (C=O) groups excluding carboxylic acids is 2. The largest absolute Gasteiger partial charge is 0.330 e. The zero-order valence-corrected chi connectivity index (χ0v) is 15.2. The van der Waals surface area contributed by atoms with Gasteiger partial charge in [-0.3, -0.25) is 9.59 Å². The summed E-state index contributed by atoms with van der Waals surface area (Å²) in [5, 5.41) is 0. The maximum atomic E-state index is 12.8.